The van der Waals surface area contributed by atoms with Gasteiger partial charge in [0.2, 0.25) is 0 Å². The standard InChI is InChI=1S/C19H17ClN2O6/c20-15-5-7-17(8-6-15)27-11-10-21-18(23)13-28-19(24)9-4-14-2-1-3-16(12-14)22(25)26/h1-9,12H,10-11,13H2,(H,21,23)/b9-4+. The van der Waals surface area contributed by atoms with Crippen molar-refractivity contribution in [3.8, 4) is 5.75 Å². The summed E-state index contributed by atoms with van der Waals surface area (Å²) in [5, 5.41) is 13.8. The van der Waals surface area contributed by atoms with Crippen molar-refractivity contribution in [1.82, 2.24) is 5.32 Å². The van der Waals surface area contributed by atoms with E-state index < -0.39 is 23.4 Å². The van der Waals surface area contributed by atoms with Gasteiger partial charge in [-0.1, -0.05) is 23.7 Å². The molecule has 2 aromatic carbocycles. The molecule has 8 nitrogen and oxygen atoms in total. The summed E-state index contributed by atoms with van der Waals surface area (Å²) < 4.78 is 10.2. The Bertz CT molecular complexity index is 867. The van der Waals surface area contributed by atoms with Crippen molar-refractivity contribution in [2.75, 3.05) is 19.8 Å². The number of amides is 1. The van der Waals surface area contributed by atoms with Crippen LogP contribution in [0.15, 0.2) is 54.6 Å². The van der Waals surface area contributed by atoms with E-state index in [-0.39, 0.29) is 18.8 Å². The highest BCUT2D eigenvalue weighted by molar-refractivity contribution is 6.30. The Labute approximate surface area is 165 Å². The van der Waals surface area contributed by atoms with Crippen LogP contribution in [0.2, 0.25) is 5.02 Å². The number of carbonyl (C=O) groups excluding carboxylic acids is 2. The molecule has 1 N–H and O–H groups in total. The summed E-state index contributed by atoms with van der Waals surface area (Å²) in [4.78, 5) is 33.4. The second-order valence-corrected chi connectivity index (χ2v) is 5.88. The van der Waals surface area contributed by atoms with Crippen molar-refractivity contribution in [2.24, 2.45) is 0 Å². The summed E-state index contributed by atoms with van der Waals surface area (Å²) in [5.74, 6) is -0.591. The van der Waals surface area contributed by atoms with Crippen LogP contribution >= 0.6 is 11.6 Å². The van der Waals surface area contributed by atoms with Gasteiger partial charge in [-0.25, -0.2) is 4.79 Å². The number of hydrogen-bond donors (Lipinski definition) is 1. The number of benzene rings is 2. The molecule has 28 heavy (non-hydrogen) atoms. The van der Waals surface area contributed by atoms with Crippen molar-refractivity contribution >= 4 is 35.2 Å². The molecule has 0 atom stereocenters. The van der Waals surface area contributed by atoms with Crippen LogP contribution in [0.4, 0.5) is 5.69 Å². The van der Waals surface area contributed by atoms with Crippen molar-refractivity contribution in [1.29, 1.82) is 0 Å². The van der Waals surface area contributed by atoms with E-state index in [0.717, 1.165) is 6.08 Å². The largest absolute Gasteiger partial charge is 0.492 e. The number of ether oxygens (including phenoxy) is 2. The van der Waals surface area contributed by atoms with Crippen LogP contribution in [0.25, 0.3) is 6.08 Å². The first kappa shape index (κ1) is 20.9. The van der Waals surface area contributed by atoms with Crippen LogP contribution in [0, 0.1) is 10.1 Å². The van der Waals surface area contributed by atoms with E-state index in [1.807, 2.05) is 0 Å². The Morgan fingerprint density at radius 2 is 1.93 bits per heavy atom. The third kappa shape index (κ3) is 7.46. The van der Waals surface area contributed by atoms with Crippen molar-refractivity contribution < 1.29 is 24.0 Å². The number of rotatable bonds is 9. The van der Waals surface area contributed by atoms with Crippen LogP contribution in [0.3, 0.4) is 0 Å². The molecule has 0 radical (unpaired) electrons. The maximum atomic E-state index is 11.6. The molecule has 1 amide bonds. The molecule has 0 fully saturated rings. The van der Waals surface area contributed by atoms with E-state index >= 15 is 0 Å². The van der Waals surface area contributed by atoms with Crippen LogP contribution in [-0.4, -0.2) is 36.6 Å². The third-order valence-corrected chi connectivity index (χ3v) is 3.60. The summed E-state index contributed by atoms with van der Waals surface area (Å²) in [5.41, 5.74) is 0.380. The number of nitro benzene ring substituents is 1. The van der Waals surface area contributed by atoms with Gasteiger partial charge in [0.1, 0.15) is 12.4 Å². The van der Waals surface area contributed by atoms with Gasteiger partial charge < -0.3 is 14.8 Å². The van der Waals surface area contributed by atoms with E-state index in [4.69, 9.17) is 21.1 Å². The maximum Gasteiger partial charge on any atom is 0.331 e. The average Bonchev–Trinajstić information content (AvgIpc) is 2.69. The van der Waals surface area contributed by atoms with E-state index in [1.54, 1.807) is 30.3 Å². The van der Waals surface area contributed by atoms with Crippen molar-refractivity contribution in [3.05, 3.63) is 75.3 Å². The Balaban J connectivity index is 1.66. The molecule has 0 unspecified atom stereocenters. The fourth-order valence-corrected chi connectivity index (χ4v) is 2.16. The first-order chi connectivity index (χ1) is 13.4. The molecule has 0 heterocycles. The maximum absolute atomic E-state index is 11.6. The summed E-state index contributed by atoms with van der Waals surface area (Å²) in [6.07, 6.45) is 2.46. The van der Waals surface area contributed by atoms with Gasteiger partial charge in [0.15, 0.2) is 6.61 Å². The Morgan fingerprint density at radius 1 is 1.18 bits per heavy atom. The SMILES string of the molecule is O=C(COC(=O)/C=C/c1cccc([N+](=O)[O-])c1)NCCOc1ccc(Cl)cc1. The van der Waals surface area contributed by atoms with E-state index in [9.17, 15) is 19.7 Å². The number of nitrogens with one attached hydrogen (secondary N) is 1. The molecule has 0 bridgehead atoms. The van der Waals surface area contributed by atoms with Gasteiger partial charge >= 0.3 is 5.97 Å². The second kappa shape index (κ2) is 10.7. The molecule has 0 aliphatic rings. The zero-order valence-electron chi connectivity index (χ0n) is 14.7. The average molecular weight is 405 g/mol. The van der Waals surface area contributed by atoms with Crippen LogP contribution < -0.4 is 10.1 Å². The summed E-state index contributed by atoms with van der Waals surface area (Å²) in [7, 11) is 0. The summed E-state index contributed by atoms with van der Waals surface area (Å²) in [6, 6.07) is 12.6. The number of non-ortho nitro benzene ring substituents is 1. The van der Waals surface area contributed by atoms with Gasteiger partial charge in [-0.3, -0.25) is 14.9 Å². The summed E-state index contributed by atoms with van der Waals surface area (Å²) in [6.45, 7) is 0.0373. The first-order valence-corrected chi connectivity index (χ1v) is 8.56. The predicted octanol–water partition coefficient (Wildman–Crippen LogP) is 3.00. The van der Waals surface area contributed by atoms with Crippen LogP contribution in [0.5, 0.6) is 5.75 Å². The molecular formula is C19H17ClN2O6. The van der Waals surface area contributed by atoms with Gasteiger partial charge in [-0.15, -0.1) is 0 Å². The van der Waals surface area contributed by atoms with Crippen LogP contribution in [-0.2, 0) is 14.3 Å². The van der Waals surface area contributed by atoms with Gasteiger partial charge in [-0.2, -0.15) is 0 Å². The Hall–Kier alpha value is -3.39. The molecule has 0 aliphatic heterocycles. The fraction of sp³-hybridized carbons (Fsp3) is 0.158. The third-order valence-electron chi connectivity index (χ3n) is 3.35. The number of carbonyl (C=O) groups is 2. The smallest absolute Gasteiger partial charge is 0.331 e. The van der Waals surface area contributed by atoms with E-state index in [0.29, 0.717) is 16.3 Å². The number of hydrogen-bond acceptors (Lipinski definition) is 6. The highest BCUT2D eigenvalue weighted by atomic mass is 35.5. The molecule has 0 aliphatic carbocycles. The van der Waals surface area contributed by atoms with Gasteiger partial charge in [-0.05, 0) is 35.9 Å². The molecule has 0 saturated carbocycles. The number of nitrogens with zero attached hydrogens (tertiary/aromatic N) is 1. The van der Waals surface area contributed by atoms with Crippen molar-refractivity contribution in [2.45, 2.75) is 0 Å². The normalized spacial score (nSPS) is 10.5. The number of halogens is 1. The molecule has 2 rings (SSSR count). The highest BCUT2D eigenvalue weighted by Crippen LogP contribution is 2.15. The first-order valence-electron chi connectivity index (χ1n) is 8.18. The Morgan fingerprint density at radius 3 is 2.64 bits per heavy atom. The van der Waals surface area contributed by atoms with Gasteiger partial charge in [0.25, 0.3) is 11.6 Å². The summed E-state index contributed by atoms with van der Waals surface area (Å²) >= 11 is 5.77. The lowest BCUT2D eigenvalue weighted by Crippen LogP contribution is -2.31. The highest BCUT2D eigenvalue weighted by Gasteiger charge is 2.06. The van der Waals surface area contributed by atoms with Gasteiger partial charge in [0.05, 0.1) is 11.5 Å². The second-order valence-electron chi connectivity index (χ2n) is 5.45. The predicted molar refractivity (Wildman–Crippen MR) is 103 cm³/mol. The molecule has 0 saturated heterocycles. The number of nitro groups is 1. The molecule has 0 spiro atoms. The minimum absolute atomic E-state index is 0.0873. The molecule has 9 heteroatoms. The quantitative estimate of drug-likeness (QED) is 0.226. The monoisotopic (exact) mass is 404 g/mol. The molecule has 146 valence electrons. The van der Waals surface area contributed by atoms with Crippen LogP contribution in [0.1, 0.15) is 5.56 Å². The minimum Gasteiger partial charge on any atom is -0.492 e. The molecular weight excluding hydrogens is 388 g/mol. The van der Waals surface area contributed by atoms with E-state index in [1.165, 1.54) is 24.3 Å². The lowest BCUT2D eigenvalue weighted by Gasteiger charge is -2.08. The topological polar surface area (TPSA) is 108 Å². The lowest BCUT2D eigenvalue weighted by atomic mass is 10.2. The zero-order valence-corrected chi connectivity index (χ0v) is 15.4. The minimum atomic E-state index is -0.737. The van der Waals surface area contributed by atoms with Crippen molar-refractivity contribution in [3.63, 3.8) is 0 Å². The Kier molecular flexibility index (Phi) is 7.98. The zero-order chi connectivity index (χ0) is 20.4. The van der Waals surface area contributed by atoms with E-state index in [2.05, 4.69) is 5.32 Å². The lowest BCUT2D eigenvalue weighted by molar-refractivity contribution is -0.384. The molecule has 0 aromatic heterocycles. The van der Waals surface area contributed by atoms with Gasteiger partial charge in [0, 0.05) is 23.2 Å². The fourth-order valence-electron chi connectivity index (χ4n) is 2.03. The number of esters is 1. The molecule has 2 aromatic rings.